The number of carbonyl (C=O) groups is 1. The first-order valence-corrected chi connectivity index (χ1v) is 8.29. The molecule has 2 aromatic rings. The summed E-state index contributed by atoms with van der Waals surface area (Å²) in [6, 6.07) is 7.73. The van der Waals surface area contributed by atoms with Crippen LogP contribution in [0.3, 0.4) is 0 Å². The van der Waals surface area contributed by atoms with Crippen LogP contribution >= 0.6 is 0 Å². The van der Waals surface area contributed by atoms with Gasteiger partial charge in [0.25, 0.3) is 0 Å². The highest BCUT2D eigenvalue weighted by Gasteiger charge is 2.23. The van der Waals surface area contributed by atoms with Gasteiger partial charge in [0, 0.05) is 37.2 Å². The van der Waals surface area contributed by atoms with Gasteiger partial charge in [0.05, 0.1) is 0 Å². The topological polar surface area (TPSA) is 70.2 Å². The number of anilines is 2. The average Bonchev–Trinajstić information content (AvgIpc) is 2.59. The van der Waals surface area contributed by atoms with E-state index in [1.54, 1.807) is 18.5 Å². The number of urea groups is 1. The predicted molar refractivity (Wildman–Crippen MR) is 95.3 cm³/mol. The fraction of sp³-hybridized carbons (Fsp3) is 0.389. The first kappa shape index (κ1) is 16.2. The van der Waals surface area contributed by atoms with Crippen molar-refractivity contribution in [3.63, 3.8) is 0 Å². The maximum absolute atomic E-state index is 12.4. The Bertz CT molecular complexity index is 684. The number of para-hydroxylation sites is 1. The Morgan fingerprint density at radius 3 is 2.58 bits per heavy atom. The van der Waals surface area contributed by atoms with Crippen LogP contribution in [-0.2, 0) is 0 Å². The quantitative estimate of drug-likeness (QED) is 0.910. The third kappa shape index (κ3) is 3.82. The van der Waals surface area contributed by atoms with Crippen molar-refractivity contribution in [3.05, 3.63) is 47.8 Å². The monoisotopic (exact) mass is 325 g/mol. The summed E-state index contributed by atoms with van der Waals surface area (Å²) in [5.41, 5.74) is 3.01. The van der Waals surface area contributed by atoms with Gasteiger partial charge < -0.3 is 15.5 Å². The number of rotatable bonds is 3. The SMILES string of the molecule is Cc1cccc(C)c1NC(=O)NC1CCCN(c2ncccn2)C1. The molecule has 6 heteroatoms. The van der Waals surface area contributed by atoms with E-state index in [0.717, 1.165) is 48.7 Å². The lowest BCUT2D eigenvalue weighted by Crippen LogP contribution is -2.49. The molecule has 126 valence electrons. The van der Waals surface area contributed by atoms with E-state index in [2.05, 4.69) is 25.5 Å². The van der Waals surface area contributed by atoms with Gasteiger partial charge in [-0.15, -0.1) is 0 Å². The molecule has 1 atom stereocenters. The van der Waals surface area contributed by atoms with Gasteiger partial charge in [-0.1, -0.05) is 18.2 Å². The summed E-state index contributed by atoms with van der Waals surface area (Å²) in [4.78, 5) is 23.1. The number of aromatic nitrogens is 2. The van der Waals surface area contributed by atoms with E-state index in [9.17, 15) is 4.79 Å². The summed E-state index contributed by atoms with van der Waals surface area (Å²) >= 11 is 0. The fourth-order valence-electron chi connectivity index (χ4n) is 3.08. The van der Waals surface area contributed by atoms with Gasteiger partial charge in [0.15, 0.2) is 0 Å². The first-order chi connectivity index (χ1) is 11.6. The number of amides is 2. The molecular formula is C18H23N5O. The van der Waals surface area contributed by atoms with Crippen LogP contribution < -0.4 is 15.5 Å². The minimum absolute atomic E-state index is 0.0897. The van der Waals surface area contributed by atoms with Gasteiger partial charge in [-0.2, -0.15) is 0 Å². The van der Waals surface area contributed by atoms with Crippen LogP contribution in [0, 0.1) is 13.8 Å². The Morgan fingerprint density at radius 2 is 1.88 bits per heavy atom. The van der Waals surface area contributed by atoms with E-state index >= 15 is 0 Å². The Kier molecular flexibility index (Phi) is 4.93. The molecular weight excluding hydrogens is 302 g/mol. The van der Waals surface area contributed by atoms with Crippen molar-refractivity contribution >= 4 is 17.7 Å². The molecule has 2 heterocycles. The first-order valence-electron chi connectivity index (χ1n) is 8.29. The van der Waals surface area contributed by atoms with Gasteiger partial charge in [-0.3, -0.25) is 0 Å². The van der Waals surface area contributed by atoms with E-state index in [4.69, 9.17) is 0 Å². The normalized spacial score (nSPS) is 17.4. The van der Waals surface area contributed by atoms with Crippen molar-refractivity contribution in [2.75, 3.05) is 23.3 Å². The number of nitrogens with zero attached hydrogens (tertiary/aromatic N) is 3. The van der Waals surface area contributed by atoms with E-state index < -0.39 is 0 Å². The molecule has 2 N–H and O–H groups in total. The van der Waals surface area contributed by atoms with Crippen molar-refractivity contribution in [2.24, 2.45) is 0 Å². The van der Waals surface area contributed by atoms with Crippen molar-refractivity contribution in [2.45, 2.75) is 32.7 Å². The summed E-state index contributed by atoms with van der Waals surface area (Å²) in [6.45, 7) is 5.64. The Morgan fingerprint density at radius 1 is 1.17 bits per heavy atom. The van der Waals surface area contributed by atoms with Crippen molar-refractivity contribution < 1.29 is 4.79 Å². The molecule has 1 aromatic carbocycles. The van der Waals surface area contributed by atoms with E-state index in [1.165, 1.54) is 0 Å². The highest BCUT2D eigenvalue weighted by molar-refractivity contribution is 5.91. The number of piperidine rings is 1. The Balaban J connectivity index is 1.60. The Hall–Kier alpha value is -2.63. The van der Waals surface area contributed by atoms with Crippen LogP contribution in [0.25, 0.3) is 0 Å². The van der Waals surface area contributed by atoms with Crippen LogP contribution in [0.5, 0.6) is 0 Å². The van der Waals surface area contributed by atoms with Crippen LogP contribution in [0.4, 0.5) is 16.4 Å². The van der Waals surface area contributed by atoms with Gasteiger partial charge in [-0.05, 0) is 43.9 Å². The highest BCUT2D eigenvalue weighted by Crippen LogP contribution is 2.20. The molecule has 2 amide bonds. The maximum Gasteiger partial charge on any atom is 0.319 e. The molecule has 0 bridgehead atoms. The smallest absolute Gasteiger partial charge is 0.319 e. The molecule has 1 fully saturated rings. The zero-order valence-corrected chi connectivity index (χ0v) is 14.1. The lowest BCUT2D eigenvalue weighted by Gasteiger charge is -2.33. The molecule has 3 rings (SSSR count). The van der Waals surface area contributed by atoms with Crippen LogP contribution in [0.1, 0.15) is 24.0 Å². The fourth-order valence-corrected chi connectivity index (χ4v) is 3.08. The second kappa shape index (κ2) is 7.29. The third-order valence-corrected chi connectivity index (χ3v) is 4.31. The maximum atomic E-state index is 12.4. The zero-order valence-electron chi connectivity index (χ0n) is 14.1. The molecule has 6 nitrogen and oxygen atoms in total. The number of nitrogens with one attached hydrogen (secondary N) is 2. The summed E-state index contributed by atoms with van der Waals surface area (Å²) in [6.07, 6.45) is 5.45. The third-order valence-electron chi connectivity index (χ3n) is 4.31. The molecule has 1 aromatic heterocycles. The number of hydrogen-bond acceptors (Lipinski definition) is 4. The zero-order chi connectivity index (χ0) is 16.9. The lowest BCUT2D eigenvalue weighted by atomic mass is 10.1. The molecule has 1 aliphatic rings. The summed E-state index contributed by atoms with van der Waals surface area (Å²) in [5.74, 6) is 0.721. The largest absolute Gasteiger partial charge is 0.339 e. The summed E-state index contributed by atoms with van der Waals surface area (Å²) < 4.78 is 0. The van der Waals surface area contributed by atoms with Gasteiger partial charge in [-0.25, -0.2) is 14.8 Å². The highest BCUT2D eigenvalue weighted by atomic mass is 16.2. The summed E-state index contributed by atoms with van der Waals surface area (Å²) in [5, 5.41) is 6.05. The number of carbonyl (C=O) groups excluding carboxylic acids is 1. The molecule has 0 radical (unpaired) electrons. The molecule has 1 saturated heterocycles. The Labute approximate surface area is 142 Å². The van der Waals surface area contributed by atoms with Crippen molar-refractivity contribution in [1.29, 1.82) is 0 Å². The lowest BCUT2D eigenvalue weighted by molar-refractivity contribution is 0.246. The van der Waals surface area contributed by atoms with Crippen molar-refractivity contribution in [3.8, 4) is 0 Å². The van der Waals surface area contributed by atoms with Crippen LogP contribution in [0.2, 0.25) is 0 Å². The molecule has 0 spiro atoms. The molecule has 1 unspecified atom stereocenters. The molecule has 0 saturated carbocycles. The minimum Gasteiger partial charge on any atom is -0.339 e. The second-order valence-corrected chi connectivity index (χ2v) is 6.20. The number of aryl methyl sites for hydroxylation is 2. The second-order valence-electron chi connectivity index (χ2n) is 6.20. The average molecular weight is 325 g/mol. The predicted octanol–water partition coefficient (Wildman–Crippen LogP) is 2.88. The minimum atomic E-state index is -0.159. The molecule has 0 aliphatic carbocycles. The van der Waals surface area contributed by atoms with E-state index in [0.29, 0.717) is 0 Å². The van der Waals surface area contributed by atoms with Gasteiger partial charge in [0.2, 0.25) is 5.95 Å². The van der Waals surface area contributed by atoms with E-state index in [1.807, 2.05) is 32.0 Å². The van der Waals surface area contributed by atoms with E-state index in [-0.39, 0.29) is 12.1 Å². The summed E-state index contributed by atoms with van der Waals surface area (Å²) in [7, 11) is 0. The number of hydrogen-bond donors (Lipinski definition) is 2. The standard InChI is InChI=1S/C18H23N5O/c1-13-6-3-7-14(2)16(13)22-18(24)21-15-8-4-11-23(12-15)17-19-9-5-10-20-17/h3,5-7,9-10,15H,4,8,11-12H2,1-2H3,(H2,21,22,24). The number of benzene rings is 1. The van der Waals surface area contributed by atoms with Crippen molar-refractivity contribution in [1.82, 2.24) is 15.3 Å². The van der Waals surface area contributed by atoms with Crippen LogP contribution in [-0.4, -0.2) is 35.1 Å². The molecule has 24 heavy (non-hydrogen) atoms. The van der Waals surface area contributed by atoms with Crippen LogP contribution in [0.15, 0.2) is 36.7 Å². The molecule has 1 aliphatic heterocycles. The van der Waals surface area contributed by atoms with Gasteiger partial charge in [0.1, 0.15) is 0 Å². The van der Waals surface area contributed by atoms with Gasteiger partial charge >= 0.3 is 6.03 Å².